The molecule has 0 saturated heterocycles. The van der Waals surface area contributed by atoms with Crippen molar-refractivity contribution in [1.82, 2.24) is 9.13 Å². The van der Waals surface area contributed by atoms with E-state index in [4.69, 9.17) is 11.0 Å². The van der Waals surface area contributed by atoms with Crippen LogP contribution in [0, 0.1) is 11.3 Å². The molecule has 0 radical (unpaired) electrons. The van der Waals surface area contributed by atoms with Crippen molar-refractivity contribution in [2.24, 2.45) is 0 Å². The van der Waals surface area contributed by atoms with Crippen LogP contribution < -0.4 is 17.0 Å². The monoisotopic (exact) mass is 270 g/mol. The Hall–Kier alpha value is -2.81. The van der Waals surface area contributed by atoms with E-state index in [0.29, 0.717) is 12.1 Å². The minimum atomic E-state index is -0.496. The number of nitrogen functional groups attached to an aromatic ring is 1. The number of hydrogen-bond donors (Lipinski definition) is 1. The third-order valence-electron chi connectivity index (χ3n) is 3.03. The molecule has 0 aliphatic rings. The number of hydrogen-bond acceptors (Lipinski definition) is 4. The zero-order valence-electron chi connectivity index (χ0n) is 11.0. The molecule has 0 saturated carbocycles. The first-order valence-electron chi connectivity index (χ1n) is 6.15. The Morgan fingerprint density at radius 2 is 1.90 bits per heavy atom. The summed E-state index contributed by atoms with van der Waals surface area (Å²) in [5.74, 6) is 0. The molecule has 102 valence electrons. The van der Waals surface area contributed by atoms with Crippen molar-refractivity contribution in [1.29, 1.82) is 5.26 Å². The summed E-state index contributed by atoms with van der Waals surface area (Å²) in [5.41, 5.74) is 6.07. The molecule has 6 heteroatoms. The third kappa shape index (κ3) is 2.47. The van der Waals surface area contributed by atoms with E-state index in [1.54, 1.807) is 31.2 Å². The fourth-order valence-electron chi connectivity index (χ4n) is 1.91. The van der Waals surface area contributed by atoms with Crippen LogP contribution in [0.2, 0.25) is 0 Å². The van der Waals surface area contributed by atoms with Crippen LogP contribution >= 0.6 is 0 Å². The highest BCUT2D eigenvalue weighted by Crippen LogP contribution is 2.04. The van der Waals surface area contributed by atoms with Crippen LogP contribution in [0.25, 0.3) is 0 Å². The lowest BCUT2D eigenvalue weighted by molar-refractivity contribution is 0.603. The molecule has 0 aliphatic heterocycles. The van der Waals surface area contributed by atoms with Crippen LogP contribution in [0.4, 0.5) is 5.69 Å². The number of rotatable bonds is 3. The van der Waals surface area contributed by atoms with Gasteiger partial charge >= 0.3 is 5.69 Å². The van der Waals surface area contributed by atoms with Gasteiger partial charge in [0.25, 0.3) is 5.56 Å². The number of aryl methyl sites for hydroxylation is 1. The topological polar surface area (TPSA) is 93.8 Å². The summed E-state index contributed by atoms with van der Waals surface area (Å²) in [4.78, 5) is 24.1. The molecule has 1 aromatic carbocycles. The Morgan fingerprint density at radius 3 is 2.45 bits per heavy atom. The molecule has 0 atom stereocenters. The second-order valence-corrected chi connectivity index (χ2v) is 4.35. The van der Waals surface area contributed by atoms with Crippen molar-refractivity contribution in [3.05, 3.63) is 62.4 Å². The molecule has 1 aromatic heterocycles. The first-order chi connectivity index (χ1) is 9.56. The number of nitriles is 1. The highest BCUT2D eigenvalue weighted by Gasteiger charge is 2.09. The van der Waals surface area contributed by atoms with Gasteiger partial charge < -0.3 is 5.73 Å². The molecule has 2 N–H and O–H groups in total. The van der Waals surface area contributed by atoms with Crippen molar-refractivity contribution in [3.63, 3.8) is 0 Å². The standard InChI is InChI=1S/C14H14N4O2/c1-2-17-9-12(16)13(19)18(14(17)20)8-11-5-3-10(7-15)4-6-11/h3-6,9H,2,8,16H2,1H3. The maximum atomic E-state index is 12.1. The average Bonchev–Trinajstić information content (AvgIpc) is 2.48. The van der Waals surface area contributed by atoms with Crippen LogP contribution in [0.1, 0.15) is 18.1 Å². The Balaban J connectivity index is 2.48. The van der Waals surface area contributed by atoms with E-state index in [2.05, 4.69) is 0 Å². The van der Waals surface area contributed by atoms with Crippen LogP contribution in [0.5, 0.6) is 0 Å². The molecule has 0 bridgehead atoms. The normalized spacial score (nSPS) is 10.2. The SMILES string of the molecule is CCn1cc(N)c(=O)n(Cc2ccc(C#N)cc2)c1=O. The van der Waals surface area contributed by atoms with E-state index < -0.39 is 11.2 Å². The fourth-order valence-corrected chi connectivity index (χ4v) is 1.91. The molecule has 0 unspecified atom stereocenters. The number of benzene rings is 1. The summed E-state index contributed by atoms with van der Waals surface area (Å²) >= 11 is 0. The zero-order chi connectivity index (χ0) is 14.7. The summed E-state index contributed by atoms with van der Waals surface area (Å²) < 4.78 is 2.49. The molecule has 20 heavy (non-hydrogen) atoms. The van der Waals surface area contributed by atoms with Gasteiger partial charge in [-0.25, -0.2) is 4.79 Å². The van der Waals surface area contributed by atoms with Gasteiger partial charge in [-0.15, -0.1) is 0 Å². The first-order valence-corrected chi connectivity index (χ1v) is 6.15. The van der Waals surface area contributed by atoms with Crippen LogP contribution in [0.3, 0.4) is 0 Å². The van der Waals surface area contributed by atoms with Crippen LogP contribution in [-0.2, 0) is 13.1 Å². The molecule has 6 nitrogen and oxygen atoms in total. The molecular formula is C14H14N4O2. The number of nitrogens with zero attached hydrogens (tertiary/aromatic N) is 3. The zero-order valence-corrected chi connectivity index (χ0v) is 11.0. The van der Waals surface area contributed by atoms with Gasteiger partial charge in [0.1, 0.15) is 5.69 Å². The van der Waals surface area contributed by atoms with Crippen molar-refractivity contribution >= 4 is 5.69 Å². The van der Waals surface area contributed by atoms with Crippen molar-refractivity contribution in [3.8, 4) is 6.07 Å². The average molecular weight is 270 g/mol. The molecule has 2 rings (SSSR count). The molecular weight excluding hydrogens is 256 g/mol. The van der Waals surface area contributed by atoms with Crippen molar-refractivity contribution in [2.75, 3.05) is 5.73 Å². The third-order valence-corrected chi connectivity index (χ3v) is 3.03. The first kappa shape index (κ1) is 13.6. The van der Waals surface area contributed by atoms with E-state index >= 15 is 0 Å². The van der Waals surface area contributed by atoms with Crippen LogP contribution in [-0.4, -0.2) is 9.13 Å². The summed E-state index contributed by atoms with van der Waals surface area (Å²) in [7, 11) is 0. The Bertz CT molecular complexity index is 779. The van der Waals surface area contributed by atoms with Gasteiger partial charge in [-0.2, -0.15) is 5.26 Å². The number of anilines is 1. The highest BCUT2D eigenvalue weighted by atomic mass is 16.2. The Morgan fingerprint density at radius 1 is 1.25 bits per heavy atom. The van der Waals surface area contributed by atoms with Gasteiger partial charge in [-0.1, -0.05) is 12.1 Å². The van der Waals surface area contributed by atoms with E-state index in [1.165, 1.54) is 10.8 Å². The molecule has 2 aromatic rings. The summed E-state index contributed by atoms with van der Waals surface area (Å²) in [6, 6.07) is 8.73. The summed E-state index contributed by atoms with van der Waals surface area (Å²) in [6.45, 7) is 2.38. The quantitative estimate of drug-likeness (QED) is 0.880. The molecule has 0 amide bonds. The van der Waals surface area contributed by atoms with Gasteiger partial charge in [0.05, 0.1) is 18.2 Å². The number of aromatic nitrogens is 2. The lowest BCUT2D eigenvalue weighted by atomic mass is 10.1. The Kier molecular flexibility index (Phi) is 3.71. The van der Waals surface area contributed by atoms with Gasteiger partial charge in [-0.05, 0) is 24.6 Å². The van der Waals surface area contributed by atoms with E-state index in [0.717, 1.165) is 10.1 Å². The number of nitrogens with two attached hydrogens (primary N) is 1. The van der Waals surface area contributed by atoms with Gasteiger partial charge in [0.15, 0.2) is 0 Å². The van der Waals surface area contributed by atoms with Gasteiger partial charge in [0, 0.05) is 12.7 Å². The second-order valence-electron chi connectivity index (χ2n) is 4.35. The van der Waals surface area contributed by atoms with Gasteiger partial charge in [-0.3, -0.25) is 13.9 Å². The fraction of sp³-hybridized carbons (Fsp3) is 0.214. The van der Waals surface area contributed by atoms with Crippen molar-refractivity contribution in [2.45, 2.75) is 20.0 Å². The maximum Gasteiger partial charge on any atom is 0.331 e. The largest absolute Gasteiger partial charge is 0.393 e. The predicted octanol–water partition coefficient (Wildman–Crippen LogP) is 0.532. The summed E-state index contributed by atoms with van der Waals surface area (Å²) in [5, 5.41) is 8.74. The summed E-state index contributed by atoms with van der Waals surface area (Å²) in [6.07, 6.45) is 1.36. The van der Waals surface area contributed by atoms with E-state index in [1.807, 2.05) is 6.07 Å². The van der Waals surface area contributed by atoms with Crippen molar-refractivity contribution < 1.29 is 0 Å². The smallest absolute Gasteiger partial charge is 0.331 e. The maximum absolute atomic E-state index is 12.1. The molecule has 0 spiro atoms. The minimum absolute atomic E-state index is 0.0418. The lowest BCUT2D eigenvalue weighted by Gasteiger charge is -2.10. The molecule has 1 heterocycles. The highest BCUT2D eigenvalue weighted by molar-refractivity contribution is 5.33. The Labute approximate surface area is 115 Å². The minimum Gasteiger partial charge on any atom is -0.393 e. The predicted molar refractivity (Wildman–Crippen MR) is 75.3 cm³/mol. The van der Waals surface area contributed by atoms with Gasteiger partial charge in [0.2, 0.25) is 0 Å². The molecule has 0 aliphatic carbocycles. The van der Waals surface area contributed by atoms with E-state index in [9.17, 15) is 9.59 Å². The lowest BCUT2D eigenvalue weighted by Crippen LogP contribution is -2.40. The van der Waals surface area contributed by atoms with E-state index in [-0.39, 0.29) is 12.2 Å². The molecule has 0 fully saturated rings. The van der Waals surface area contributed by atoms with Crippen LogP contribution in [0.15, 0.2) is 40.1 Å². The second kappa shape index (κ2) is 5.45.